The second-order valence-electron chi connectivity index (χ2n) is 4.97. The summed E-state index contributed by atoms with van der Waals surface area (Å²) in [5, 5.41) is 4.30. The van der Waals surface area contributed by atoms with E-state index in [4.69, 9.17) is 10.5 Å². The van der Waals surface area contributed by atoms with Crippen molar-refractivity contribution in [2.24, 2.45) is 5.92 Å². The van der Waals surface area contributed by atoms with Crippen LogP contribution in [0, 0.1) is 11.7 Å². The molecule has 0 bridgehead atoms. The highest BCUT2D eigenvalue weighted by atomic mass is 19.1. The standard InChI is InChI=1S/C14H16FN3O/c1-19-13-5-10(4-12(15)14(13)16)11-6-17-18(8-11)7-9-2-3-9/h4-6,8-9H,2-3,7,16H2,1H3. The Morgan fingerprint density at radius 2 is 2.21 bits per heavy atom. The molecule has 1 fully saturated rings. The molecule has 4 nitrogen and oxygen atoms in total. The number of halogens is 1. The quantitative estimate of drug-likeness (QED) is 0.861. The van der Waals surface area contributed by atoms with Crippen molar-refractivity contribution in [3.8, 4) is 16.9 Å². The second-order valence-corrected chi connectivity index (χ2v) is 4.97. The number of aromatic nitrogens is 2. The van der Waals surface area contributed by atoms with E-state index >= 15 is 0 Å². The summed E-state index contributed by atoms with van der Waals surface area (Å²) < 4.78 is 20.7. The molecule has 1 aliphatic rings. The Morgan fingerprint density at radius 3 is 2.89 bits per heavy atom. The fourth-order valence-electron chi connectivity index (χ4n) is 2.11. The number of hydrogen-bond acceptors (Lipinski definition) is 3. The van der Waals surface area contributed by atoms with Gasteiger partial charge in [0.25, 0.3) is 0 Å². The first kappa shape index (κ1) is 12.0. The van der Waals surface area contributed by atoms with Gasteiger partial charge in [-0.25, -0.2) is 4.39 Å². The number of methoxy groups -OCH3 is 1. The smallest absolute Gasteiger partial charge is 0.150 e. The summed E-state index contributed by atoms with van der Waals surface area (Å²) in [6.45, 7) is 0.939. The Bertz CT molecular complexity index is 605. The summed E-state index contributed by atoms with van der Waals surface area (Å²) in [5.41, 5.74) is 7.24. The number of nitrogens with two attached hydrogens (primary N) is 1. The van der Waals surface area contributed by atoms with Gasteiger partial charge in [0.2, 0.25) is 0 Å². The predicted molar refractivity (Wildman–Crippen MR) is 71.3 cm³/mol. The van der Waals surface area contributed by atoms with E-state index in [-0.39, 0.29) is 5.69 Å². The molecule has 5 heteroatoms. The number of anilines is 1. The topological polar surface area (TPSA) is 53.1 Å². The molecule has 2 N–H and O–H groups in total. The minimum atomic E-state index is -0.468. The zero-order chi connectivity index (χ0) is 13.4. The Kier molecular flexibility index (Phi) is 2.89. The van der Waals surface area contributed by atoms with E-state index in [2.05, 4.69) is 5.10 Å². The number of nitrogen functional groups attached to an aromatic ring is 1. The number of nitrogens with zero attached hydrogens (tertiary/aromatic N) is 2. The van der Waals surface area contributed by atoms with Crippen LogP contribution in [0.2, 0.25) is 0 Å². The molecule has 0 radical (unpaired) electrons. The molecule has 0 saturated heterocycles. The van der Waals surface area contributed by atoms with Crippen molar-refractivity contribution >= 4 is 5.69 Å². The van der Waals surface area contributed by atoms with Crippen LogP contribution in [0.25, 0.3) is 11.1 Å². The molecule has 1 aromatic carbocycles. The predicted octanol–water partition coefficient (Wildman–Crippen LogP) is 2.69. The molecular weight excluding hydrogens is 245 g/mol. The van der Waals surface area contributed by atoms with Crippen molar-refractivity contribution in [2.75, 3.05) is 12.8 Å². The fraction of sp³-hybridized carbons (Fsp3) is 0.357. The molecule has 100 valence electrons. The van der Waals surface area contributed by atoms with E-state index < -0.39 is 5.82 Å². The van der Waals surface area contributed by atoms with Crippen molar-refractivity contribution in [2.45, 2.75) is 19.4 Å². The van der Waals surface area contributed by atoms with Crippen LogP contribution < -0.4 is 10.5 Å². The van der Waals surface area contributed by atoms with E-state index in [0.717, 1.165) is 23.6 Å². The second kappa shape index (κ2) is 4.57. The molecular formula is C14H16FN3O. The third-order valence-electron chi connectivity index (χ3n) is 3.42. The van der Waals surface area contributed by atoms with Crippen LogP contribution in [0.3, 0.4) is 0 Å². The summed E-state index contributed by atoms with van der Waals surface area (Å²) in [5.74, 6) is 0.639. The lowest BCUT2D eigenvalue weighted by molar-refractivity contribution is 0.414. The van der Waals surface area contributed by atoms with Crippen LogP contribution in [0.15, 0.2) is 24.5 Å². The molecule has 0 unspecified atom stereocenters. The van der Waals surface area contributed by atoms with Gasteiger partial charge in [-0.05, 0) is 36.5 Å². The van der Waals surface area contributed by atoms with Crippen LogP contribution in [0.1, 0.15) is 12.8 Å². The third kappa shape index (κ3) is 2.41. The zero-order valence-electron chi connectivity index (χ0n) is 10.8. The SMILES string of the molecule is COc1cc(-c2cnn(CC3CC3)c2)cc(F)c1N. The summed E-state index contributed by atoms with van der Waals surface area (Å²) >= 11 is 0. The van der Waals surface area contributed by atoms with Gasteiger partial charge in [-0.2, -0.15) is 5.10 Å². The van der Waals surface area contributed by atoms with Gasteiger partial charge in [-0.3, -0.25) is 4.68 Å². The van der Waals surface area contributed by atoms with E-state index in [1.165, 1.54) is 26.0 Å². The van der Waals surface area contributed by atoms with Crippen LogP contribution in [0.5, 0.6) is 5.75 Å². The molecule has 0 spiro atoms. The monoisotopic (exact) mass is 261 g/mol. The summed E-state index contributed by atoms with van der Waals surface area (Å²) in [4.78, 5) is 0. The Hall–Kier alpha value is -2.04. The lowest BCUT2D eigenvalue weighted by atomic mass is 10.1. The van der Waals surface area contributed by atoms with Crippen molar-refractivity contribution in [3.63, 3.8) is 0 Å². The van der Waals surface area contributed by atoms with E-state index in [1.54, 1.807) is 12.3 Å². The van der Waals surface area contributed by atoms with E-state index in [0.29, 0.717) is 5.75 Å². The molecule has 1 saturated carbocycles. The van der Waals surface area contributed by atoms with Crippen LogP contribution >= 0.6 is 0 Å². The molecule has 0 amide bonds. The maximum Gasteiger partial charge on any atom is 0.150 e. The maximum absolute atomic E-state index is 13.7. The van der Waals surface area contributed by atoms with E-state index in [1.807, 2.05) is 10.9 Å². The highest BCUT2D eigenvalue weighted by Crippen LogP contribution is 2.33. The van der Waals surface area contributed by atoms with Crippen LogP contribution in [-0.2, 0) is 6.54 Å². The molecule has 3 rings (SSSR count). The van der Waals surface area contributed by atoms with Crippen molar-refractivity contribution < 1.29 is 9.13 Å². The highest BCUT2D eigenvalue weighted by molar-refractivity contribution is 5.69. The minimum absolute atomic E-state index is 0.0385. The summed E-state index contributed by atoms with van der Waals surface area (Å²) in [6, 6.07) is 3.15. The number of benzene rings is 1. The third-order valence-corrected chi connectivity index (χ3v) is 3.42. The minimum Gasteiger partial charge on any atom is -0.494 e. The van der Waals surface area contributed by atoms with Gasteiger partial charge in [0, 0.05) is 18.3 Å². The van der Waals surface area contributed by atoms with Gasteiger partial charge >= 0.3 is 0 Å². The average molecular weight is 261 g/mol. The Morgan fingerprint density at radius 1 is 1.42 bits per heavy atom. The molecule has 2 aromatic rings. The van der Waals surface area contributed by atoms with Gasteiger partial charge in [-0.1, -0.05) is 0 Å². The maximum atomic E-state index is 13.7. The first-order valence-corrected chi connectivity index (χ1v) is 6.33. The number of rotatable bonds is 4. The van der Waals surface area contributed by atoms with Gasteiger partial charge in [0.05, 0.1) is 13.3 Å². The highest BCUT2D eigenvalue weighted by Gasteiger charge is 2.22. The molecule has 1 aliphatic carbocycles. The molecule has 1 aromatic heterocycles. The Labute approximate surface area is 111 Å². The number of ether oxygens (including phenoxy) is 1. The first-order chi connectivity index (χ1) is 9.17. The molecule has 0 aliphatic heterocycles. The van der Waals surface area contributed by atoms with Gasteiger partial charge in [0.15, 0.2) is 5.82 Å². The number of hydrogen-bond donors (Lipinski definition) is 1. The van der Waals surface area contributed by atoms with Crippen molar-refractivity contribution in [1.82, 2.24) is 9.78 Å². The molecule has 1 heterocycles. The summed E-state index contributed by atoms with van der Waals surface area (Å²) in [6.07, 6.45) is 6.23. The first-order valence-electron chi connectivity index (χ1n) is 6.33. The average Bonchev–Trinajstić information content (AvgIpc) is 3.08. The van der Waals surface area contributed by atoms with Gasteiger partial charge in [0.1, 0.15) is 11.4 Å². The molecule has 0 atom stereocenters. The van der Waals surface area contributed by atoms with Crippen LogP contribution in [0.4, 0.5) is 10.1 Å². The lowest BCUT2D eigenvalue weighted by Gasteiger charge is -2.07. The largest absolute Gasteiger partial charge is 0.494 e. The fourth-order valence-corrected chi connectivity index (χ4v) is 2.11. The van der Waals surface area contributed by atoms with Crippen molar-refractivity contribution in [1.29, 1.82) is 0 Å². The Balaban J connectivity index is 1.92. The van der Waals surface area contributed by atoms with Gasteiger partial charge in [-0.15, -0.1) is 0 Å². The lowest BCUT2D eigenvalue weighted by Crippen LogP contribution is -1.99. The normalized spacial score (nSPS) is 14.6. The molecule has 19 heavy (non-hydrogen) atoms. The summed E-state index contributed by atoms with van der Waals surface area (Å²) in [7, 11) is 1.48. The van der Waals surface area contributed by atoms with Crippen molar-refractivity contribution in [3.05, 3.63) is 30.3 Å². The van der Waals surface area contributed by atoms with Gasteiger partial charge < -0.3 is 10.5 Å². The zero-order valence-corrected chi connectivity index (χ0v) is 10.8. The van der Waals surface area contributed by atoms with Crippen LogP contribution in [-0.4, -0.2) is 16.9 Å². The van der Waals surface area contributed by atoms with E-state index in [9.17, 15) is 4.39 Å².